The molecule has 1 aromatic rings. The highest BCUT2D eigenvalue weighted by atomic mass is 19.1. The van der Waals surface area contributed by atoms with Crippen LogP contribution in [0.15, 0.2) is 18.2 Å². The highest BCUT2D eigenvalue weighted by Crippen LogP contribution is 2.20. The minimum Gasteiger partial charge on any atom is -0.459 e. The highest BCUT2D eigenvalue weighted by Gasteiger charge is 2.22. The maximum Gasteiger partial charge on any atom is 0.345 e. The molecule has 0 heterocycles. The molecule has 19 heavy (non-hydrogen) atoms. The molecule has 1 aromatic carbocycles. The van der Waals surface area contributed by atoms with Crippen LogP contribution in [0.3, 0.4) is 0 Å². The number of rotatable bonds is 6. The van der Waals surface area contributed by atoms with Gasteiger partial charge in [0, 0.05) is 6.07 Å². The van der Waals surface area contributed by atoms with Gasteiger partial charge in [-0.3, -0.25) is 10.1 Å². The molecule has 0 saturated heterocycles. The van der Waals surface area contributed by atoms with Crippen molar-refractivity contribution in [2.75, 3.05) is 13.2 Å². The van der Waals surface area contributed by atoms with E-state index in [2.05, 4.69) is 0 Å². The summed E-state index contributed by atoms with van der Waals surface area (Å²) in [5.74, 6) is -1.69. The Morgan fingerprint density at radius 2 is 2.11 bits per heavy atom. The number of nitro benzene ring substituents is 1. The van der Waals surface area contributed by atoms with Gasteiger partial charge in [0.1, 0.15) is 18.0 Å². The van der Waals surface area contributed by atoms with Crippen molar-refractivity contribution in [2.24, 2.45) is 0 Å². The Kier molecular flexibility index (Phi) is 5.37. The van der Waals surface area contributed by atoms with E-state index in [9.17, 15) is 19.3 Å². The Hall–Kier alpha value is -2.02. The van der Waals surface area contributed by atoms with Crippen molar-refractivity contribution in [1.29, 1.82) is 0 Å². The maximum absolute atomic E-state index is 13.0. The summed E-state index contributed by atoms with van der Waals surface area (Å²) in [7, 11) is 0. The summed E-state index contributed by atoms with van der Waals surface area (Å²) in [5, 5.41) is 10.7. The second-order valence-electron chi connectivity index (χ2n) is 3.97. The summed E-state index contributed by atoms with van der Waals surface area (Å²) in [6.45, 7) is 3.76. The van der Waals surface area contributed by atoms with Gasteiger partial charge in [0.25, 0.3) is 5.69 Å². The van der Waals surface area contributed by atoms with E-state index in [-0.39, 0.29) is 19.3 Å². The molecule has 0 radical (unpaired) electrons. The number of hydrogen-bond donors (Lipinski definition) is 0. The number of halogens is 1. The van der Waals surface area contributed by atoms with Crippen molar-refractivity contribution < 1.29 is 23.6 Å². The van der Waals surface area contributed by atoms with Gasteiger partial charge < -0.3 is 9.47 Å². The first kappa shape index (κ1) is 15.0. The van der Waals surface area contributed by atoms with E-state index < -0.39 is 28.0 Å². The first-order valence-electron chi connectivity index (χ1n) is 5.64. The van der Waals surface area contributed by atoms with Gasteiger partial charge in [-0.1, -0.05) is 0 Å². The number of nitrogens with zero attached hydrogens (tertiary/aromatic N) is 1. The minimum atomic E-state index is -0.946. The quantitative estimate of drug-likeness (QED) is 0.343. The molecular formula is C12H14FNO5. The van der Waals surface area contributed by atoms with Gasteiger partial charge in [-0.15, -0.1) is 0 Å². The van der Waals surface area contributed by atoms with Crippen molar-refractivity contribution in [3.63, 3.8) is 0 Å². The van der Waals surface area contributed by atoms with E-state index in [1.165, 1.54) is 0 Å². The number of hydrogen-bond acceptors (Lipinski definition) is 5. The van der Waals surface area contributed by atoms with Crippen molar-refractivity contribution in [2.45, 2.75) is 20.0 Å². The van der Waals surface area contributed by atoms with E-state index in [1.54, 1.807) is 0 Å². The van der Waals surface area contributed by atoms with Crippen molar-refractivity contribution >= 4 is 11.7 Å². The number of benzene rings is 1. The van der Waals surface area contributed by atoms with Crippen LogP contribution in [0, 0.1) is 15.9 Å². The second kappa shape index (κ2) is 6.79. The van der Waals surface area contributed by atoms with E-state index >= 15 is 0 Å². The zero-order valence-electron chi connectivity index (χ0n) is 10.6. The lowest BCUT2D eigenvalue weighted by atomic mass is 10.2. The Morgan fingerprint density at radius 3 is 2.68 bits per heavy atom. The molecule has 6 nitrogen and oxygen atoms in total. The van der Waals surface area contributed by atoms with Crippen LogP contribution in [0.4, 0.5) is 10.1 Å². The van der Waals surface area contributed by atoms with Gasteiger partial charge in [0.05, 0.1) is 17.6 Å². The smallest absolute Gasteiger partial charge is 0.345 e. The van der Waals surface area contributed by atoms with Gasteiger partial charge in [-0.25, -0.2) is 9.18 Å². The van der Waals surface area contributed by atoms with Crippen LogP contribution in [0.5, 0.6) is 0 Å². The Morgan fingerprint density at radius 1 is 1.42 bits per heavy atom. The molecule has 0 atom stereocenters. The summed E-state index contributed by atoms with van der Waals surface area (Å²) in [6.07, 6.45) is -0.0118. The molecule has 0 bridgehead atoms. The Bertz CT molecular complexity index is 475. The molecule has 0 aliphatic carbocycles. The van der Waals surface area contributed by atoms with Crippen LogP contribution in [-0.4, -0.2) is 30.2 Å². The molecule has 1 rings (SSSR count). The molecule has 7 heteroatoms. The van der Waals surface area contributed by atoms with Crippen LogP contribution in [0.1, 0.15) is 24.2 Å². The number of carbonyl (C=O) groups excluding carboxylic acids is 1. The number of nitro groups is 1. The van der Waals surface area contributed by atoms with E-state index in [0.29, 0.717) is 0 Å². The van der Waals surface area contributed by atoms with Crippen LogP contribution in [-0.2, 0) is 9.47 Å². The van der Waals surface area contributed by atoms with Crippen LogP contribution in [0.2, 0.25) is 0 Å². The average molecular weight is 271 g/mol. The summed E-state index contributed by atoms with van der Waals surface area (Å²) >= 11 is 0. The lowest BCUT2D eigenvalue weighted by molar-refractivity contribution is -0.385. The molecule has 104 valence electrons. The van der Waals surface area contributed by atoms with Gasteiger partial charge in [0.15, 0.2) is 0 Å². The van der Waals surface area contributed by atoms with Gasteiger partial charge in [0.2, 0.25) is 0 Å². The largest absolute Gasteiger partial charge is 0.459 e. The predicted octanol–water partition coefficient (Wildman–Crippen LogP) is 2.32. The third-order valence-electron chi connectivity index (χ3n) is 2.14. The number of ether oxygens (including phenoxy) is 2. The molecule has 0 amide bonds. The topological polar surface area (TPSA) is 78.7 Å². The molecule has 0 aromatic heterocycles. The summed E-state index contributed by atoms with van der Waals surface area (Å²) < 4.78 is 22.9. The fraction of sp³-hybridized carbons (Fsp3) is 0.417. The predicted molar refractivity (Wildman–Crippen MR) is 64.4 cm³/mol. The lowest BCUT2D eigenvalue weighted by Crippen LogP contribution is -2.14. The van der Waals surface area contributed by atoms with Crippen LogP contribution < -0.4 is 0 Å². The minimum absolute atomic E-state index is 0.0118. The third kappa shape index (κ3) is 4.63. The summed E-state index contributed by atoms with van der Waals surface area (Å²) in [4.78, 5) is 21.6. The normalized spacial score (nSPS) is 10.5. The van der Waals surface area contributed by atoms with E-state index in [0.717, 1.165) is 18.2 Å². The number of carbonyl (C=O) groups is 1. The first-order chi connectivity index (χ1) is 8.91. The molecule has 0 saturated carbocycles. The average Bonchev–Trinajstić information content (AvgIpc) is 2.33. The standard InChI is InChI=1S/C12H14FNO5/c1-8(2)18-5-6-19-12(15)10-7-9(13)3-4-11(10)14(16)17/h3-4,7-8H,5-6H2,1-2H3. The number of esters is 1. The van der Waals surface area contributed by atoms with Crippen LogP contribution in [0.25, 0.3) is 0 Å². The molecule has 0 aliphatic heterocycles. The lowest BCUT2D eigenvalue weighted by Gasteiger charge is -2.08. The summed E-state index contributed by atoms with van der Waals surface area (Å²) in [6, 6.07) is 2.62. The van der Waals surface area contributed by atoms with Gasteiger partial charge >= 0.3 is 5.97 Å². The zero-order valence-corrected chi connectivity index (χ0v) is 10.6. The Balaban J connectivity index is 2.70. The fourth-order valence-corrected chi connectivity index (χ4v) is 1.33. The molecule has 0 unspecified atom stereocenters. The van der Waals surface area contributed by atoms with E-state index in [1.807, 2.05) is 13.8 Å². The molecule has 0 N–H and O–H groups in total. The van der Waals surface area contributed by atoms with Crippen molar-refractivity contribution in [3.8, 4) is 0 Å². The fourth-order valence-electron chi connectivity index (χ4n) is 1.33. The third-order valence-corrected chi connectivity index (χ3v) is 2.14. The highest BCUT2D eigenvalue weighted by molar-refractivity contribution is 5.93. The molecular weight excluding hydrogens is 257 g/mol. The monoisotopic (exact) mass is 271 g/mol. The molecule has 0 fully saturated rings. The first-order valence-corrected chi connectivity index (χ1v) is 5.64. The van der Waals surface area contributed by atoms with Crippen molar-refractivity contribution in [1.82, 2.24) is 0 Å². The SMILES string of the molecule is CC(C)OCCOC(=O)c1cc(F)ccc1[N+](=O)[O-]. The van der Waals surface area contributed by atoms with E-state index in [4.69, 9.17) is 9.47 Å². The maximum atomic E-state index is 13.0. The molecule has 0 aliphatic rings. The summed E-state index contributed by atoms with van der Waals surface area (Å²) in [5.41, 5.74) is -0.897. The van der Waals surface area contributed by atoms with Gasteiger partial charge in [-0.05, 0) is 26.0 Å². The second-order valence-corrected chi connectivity index (χ2v) is 3.97. The van der Waals surface area contributed by atoms with Crippen molar-refractivity contribution in [3.05, 3.63) is 39.7 Å². The molecule has 0 spiro atoms. The van der Waals surface area contributed by atoms with Crippen LogP contribution >= 0.6 is 0 Å². The van der Waals surface area contributed by atoms with Gasteiger partial charge in [-0.2, -0.15) is 0 Å². The zero-order chi connectivity index (χ0) is 14.4. The Labute approximate surface area is 109 Å².